The predicted molar refractivity (Wildman–Crippen MR) is 177 cm³/mol. The van der Waals surface area contributed by atoms with E-state index in [1.807, 2.05) is 3.28 Å². The Labute approximate surface area is 282 Å². The van der Waals surface area contributed by atoms with Gasteiger partial charge in [-0.25, -0.2) is 0 Å². The summed E-state index contributed by atoms with van der Waals surface area (Å²) in [5, 5.41) is 0. The number of allylic oxidation sites excluding steroid dienone is 8. The molecule has 43 heavy (non-hydrogen) atoms. The third-order valence-corrected chi connectivity index (χ3v) is 18.8. The summed E-state index contributed by atoms with van der Waals surface area (Å²) in [6.45, 7) is 28.8. The van der Waals surface area contributed by atoms with Crippen LogP contribution in [0.1, 0.15) is 133 Å². The molecule has 0 bridgehead atoms. The number of fused-ring (bicyclic) bond motifs is 5. The summed E-state index contributed by atoms with van der Waals surface area (Å²) in [7, 11) is 0. The van der Waals surface area contributed by atoms with Crippen LogP contribution in [0.2, 0.25) is 0 Å². The number of benzene rings is 2. The molecule has 228 valence electrons. The fraction of sp³-hybridized carbons (Fsp3) is 0.475. The molecule has 0 amide bonds. The molecule has 0 fully saturated rings. The van der Waals surface area contributed by atoms with Gasteiger partial charge in [0.2, 0.25) is 0 Å². The van der Waals surface area contributed by atoms with Crippen molar-refractivity contribution >= 4 is 14.4 Å². The molecule has 0 N–H and O–H groups in total. The summed E-state index contributed by atoms with van der Waals surface area (Å²) in [6.07, 6.45) is 12.9. The fourth-order valence-electron chi connectivity index (χ4n) is 8.43. The molecular weight excluding hydrogens is 643 g/mol. The van der Waals surface area contributed by atoms with Gasteiger partial charge in [0.05, 0.1) is 0 Å². The number of rotatable bonds is 4. The smallest absolute Gasteiger partial charge is 1.00 e. The predicted octanol–water partition coefficient (Wildman–Crippen LogP) is 5.27. The minimum atomic E-state index is -2.38. The largest absolute Gasteiger partial charge is 1.00 e. The minimum absolute atomic E-state index is 0. The van der Waals surface area contributed by atoms with Gasteiger partial charge in [-0.3, -0.25) is 0 Å². The quantitative estimate of drug-likeness (QED) is 0.410. The van der Waals surface area contributed by atoms with Crippen LogP contribution < -0.4 is 24.8 Å². The van der Waals surface area contributed by atoms with Crippen molar-refractivity contribution in [3.05, 3.63) is 90.8 Å². The monoisotopic (exact) mass is 690 g/mol. The summed E-state index contributed by atoms with van der Waals surface area (Å²) in [5.41, 5.74) is 17.1. The summed E-state index contributed by atoms with van der Waals surface area (Å²) < 4.78 is 4.11. The van der Waals surface area contributed by atoms with Crippen molar-refractivity contribution < 1.29 is 46.1 Å². The number of hydrogen-bond donors (Lipinski definition) is 0. The molecule has 3 heteroatoms. The second-order valence-electron chi connectivity index (χ2n) is 15.8. The molecule has 0 spiro atoms. The Kier molecular flexibility index (Phi) is 9.27. The van der Waals surface area contributed by atoms with E-state index >= 15 is 0 Å². The molecular formula is C40H50Cl2Zr. The fourth-order valence-corrected chi connectivity index (χ4v) is 17.1. The first-order valence-electron chi connectivity index (χ1n) is 15.9. The topological polar surface area (TPSA) is 0 Å². The second-order valence-corrected chi connectivity index (χ2v) is 23.1. The van der Waals surface area contributed by atoms with Gasteiger partial charge in [0, 0.05) is 0 Å². The molecule has 4 aliphatic carbocycles. The van der Waals surface area contributed by atoms with Crippen molar-refractivity contribution in [2.75, 3.05) is 0 Å². The van der Waals surface area contributed by atoms with Crippen molar-refractivity contribution in [3.8, 4) is 11.1 Å². The van der Waals surface area contributed by atoms with Crippen LogP contribution in [0.25, 0.3) is 22.3 Å². The van der Waals surface area contributed by atoms with E-state index in [-0.39, 0.29) is 41.1 Å². The molecule has 0 aromatic heterocycles. The zero-order valence-corrected chi connectivity index (χ0v) is 32.4. The van der Waals surface area contributed by atoms with Gasteiger partial charge in [-0.15, -0.1) is 0 Å². The van der Waals surface area contributed by atoms with E-state index < -0.39 is 21.3 Å². The first-order chi connectivity index (χ1) is 19.0. The Morgan fingerprint density at radius 1 is 0.767 bits per heavy atom. The molecule has 6 rings (SSSR count). The summed E-state index contributed by atoms with van der Waals surface area (Å²) in [4.78, 5) is 0. The van der Waals surface area contributed by atoms with E-state index in [0.717, 1.165) is 0 Å². The molecule has 2 aromatic rings. The van der Waals surface area contributed by atoms with Gasteiger partial charge in [-0.2, -0.15) is 0 Å². The first kappa shape index (κ1) is 34.6. The van der Waals surface area contributed by atoms with Crippen LogP contribution in [0.3, 0.4) is 0 Å². The van der Waals surface area contributed by atoms with Gasteiger partial charge in [0.15, 0.2) is 0 Å². The van der Waals surface area contributed by atoms with Crippen LogP contribution in [0.15, 0.2) is 57.4 Å². The Morgan fingerprint density at radius 3 is 1.63 bits per heavy atom. The van der Waals surface area contributed by atoms with Gasteiger partial charge in [-0.1, -0.05) is 0 Å². The van der Waals surface area contributed by atoms with Crippen molar-refractivity contribution in [2.24, 2.45) is 11.3 Å². The van der Waals surface area contributed by atoms with Crippen molar-refractivity contribution in [3.63, 3.8) is 0 Å². The molecule has 0 saturated carbocycles. The van der Waals surface area contributed by atoms with Gasteiger partial charge in [0.25, 0.3) is 0 Å². The van der Waals surface area contributed by atoms with Gasteiger partial charge in [0.1, 0.15) is 0 Å². The zero-order valence-electron chi connectivity index (χ0n) is 28.4. The van der Waals surface area contributed by atoms with Crippen LogP contribution in [-0.4, -0.2) is 3.21 Å². The van der Waals surface area contributed by atoms with Crippen molar-refractivity contribution in [1.82, 2.24) is 0 Å². The SMILES string of the molecule is CCCC1C=C(C(C)(C)C)C=[C]1[Zr+2](=[C](C)C)[CH]1c2cc3c(cc2-c2cc4c(cc21)C(C)(C)C=C4C)C(C)=CC3(C)C.[Cl-].[Cl-]. The van der Waals surface area contributed by atoms with Gasteiger partial charge >= 0.3 is 259 Å². The summed E-state index contributed by atoms with van der Waals surface area (Å²) >= 11 is -2.38. The maximum absolute atomic E-state index is 2.70. The Morgan fingerprint density at radius 2 is 1.23 bits per heavy atom. The zero-order chi connectivity index (χ0) is 29.8. The molecule has 0 heterocycles. The average molecular weight is 693 g/mol. The maximum Gasteiger partial charge on any atom is -1.00 e. The minimum Gasteiger partial charge on any atom is -1.00 e. The molecule has 0 radical (unpaired) electrons. The third-order valence-electron chi connectivity index (χ3n) is 10.4. The van der Waals surface area contributed by atoms with Gasteiger partial charge in [-0.05, 0) is 0 Å². The van der Waals surface area contributed by atoms with E-state index in [1.165, 1.54) is 57.4 Å². The van der Waals surface area contributed by atoms with Crippen LogP contribution in [0.4, 0.5) is 0 Å². The molecule has 0 nitrogen and oxygen atoms in total. The second kappa shape index (κ2) is 11.5. The first-order valence-corrected chi connectivity index (χ1v) is 19.8. The van der Waals surface area contributed by atoms with E-state index in [2.05, 4.69) is 132 Å². The van der Waals surface area contributed by atoms with Crippen LogP contribution >= 0.6 is 0 Å². The number of hydrogen-bond acceptors (Lipinski definition) is 0. The molecule has 4 aliphatic rings. The molecule has 2 aromatic carbocycles. The third kappa shape index (κ3) is 5.47. The van der Waals surface area contributed by atoms with Crippen LogP contribution in [0.5, 0.6) is 0 Å². The Bertz CT molecular complexity index is 1570. The molecule has 1 unspecified atom stereocenters. The Balaban J connectivity index is 0.00000212. The molecule has 0 saturated heterocycles. The van der Waals surface area contributed by atoms with E-state index in [1.54, 1.807) is 19.9 Å². The van der Waals surface area contributed by atoms with E-state index in [9.17, 15) is 0 Å². The van der Waals surface area contributed by atoms with E-state index in [0.29, 0.717) is 9.54 Å². The molecule has 1 atom stereocenters. The number of halogens is 2. The normalized spacial score (nSPS) is 20.3. The summed E-state index contributed by atoms with van der Waals surface area (Å²) in [6, 6.07) is 10.5. The van der Waals surface area contributed by atoms with E-state index in [4.69, 9.17) is 0 Å². The van der Waals surface area contributed by atoms with Crippen molar-refractivity contribution in [1.29, 1.82) is 0 Å². The van der Waals surface area contributed by atoms with Crippen molar-refractivity contribution in [2.45, 2.75) is 110 Å². The maximum atomic E-state index is 2.70. The Hall–Kier alpha value is -1.27. The van der Waals surface area contributed by atoms with Crippen LogP contribution in [0, 0.1) is 11.3 Å². The molecule has 0 aliphatic heterocycles. The van der Waals surface area contributed by atoms with Crippen LogP contribution in [-0.2, 0) is 32.1 Å². The standard InChI is InChI=1S/C25H25.C12H19.C3H6.2ClH.Zr/c1-14-12-24(3,4)22-8-16-7-17-9-23-19(15(2)13-25(23,5)6)11-21(17)20(16)10-18(14)22;1-5-6-10-7-8-11(9-10)12(2,3)4;1-3-2;;;/h7-13H,1-6H3;8-10H,5-6H2,1-4H3;1-2H3;2*1H;/q;;;;;+2/p-2. The summed E-state index contributed by atoms with van der Waals surface area (Å²) in [5.74, 6) is 0.607. The van der Waals surface area contributed by atoms with Gasteiger partial charge < -0.3 is 24.8 Å². The average Bonchev–Trinajstić information content (AvgIpc) is 3.53.